The molecule has 0 aromatic heterocycles. The summed E-state index contributed by atoms with van der Waals surface area (Å²) in [7, 11) is 0. The molecule has 1 aromatic carbocycles. The summed E-state index contributed by atoms with van der Waals surface area (Å²) >= 11 is 0. The minimum Gasteiger partial charge on any atom is -0.455 e. The third kappa shape index (κ3) is 3.39. The van der Waals surface area contributed by atoms with Crippen molar-refractivity contribution in [3.63, 3.8) is 0 Å². The monoisotopic (exact) mass is 192 g/mol. The van der Waals surface area contributed by atoms with Crippen LogP contribution in [0.2, 0.25) is 0 Å². The molecule has 1 aromatic rings. The van der Waals surface area contributed by atoms with E-state index in [-0.39, 0.29) is 0 Å². The van der Waals surface area contributed by atoms with Gasteiger partial charge in [-0.1, -0.05) is 30.3 Å². The fraction of sp³-hybridized carbons (Fsp3) is 0.273. The average Bonchev–Trinajstić information content (AvgIpc) is 2.17. The Morgan fingerprint density at radius 3 is 2.57 bits per heavy atom. The van der Waals surface area contributed by atoms with E-state index < -0.39 is 12.1 Å². The van der Waals surface area contributed by atoms with Gasteiger partial charge in [-0.2, -0.15) is 0 Å². The number of carbonyl (C=O) groups is 2. The number of rotatable bonds is 4. The maximum atomic E-state index is 10.6. The number of esters is 1. The second-order valence-electron chi connectivity index (χ2n) is 2.97. The first-order valence-corrected chi connectivity index (χ1v) is 4.39. The summed E-state index contributed by atoms with van der Waals surface area (Å²) in [4.78, 5) is 21.2. The number of carbonyl (C=O) groups excluding carboxylic acids is 2. The van der Waals surface area contributed by atoms with Crippen molar-refractivity contribution in [2.75, 3.05) is 0 Å². The van der Waals surface area contributed by atoms with Gasteiger partial charge in [0.2, 0.25) is 0 Å². The van der Waals surface area contributed by atoms with Crippen molar-refractivity contribution < 1.29 is 14.3 Å². The summed E-state index contributed by atoms with van der Waals surface area (Å²) in [5.41, 5.74) is 0.978. The molecule has 0 bridgehead atoms. The maximum Gasteiger partial charge on any atom is 0.303 e. The van der Waals surface area contributed by atoms with E-state index in [0.717, 1.165) is 5.56 Å². The molecule has 0 aliphatic heterocycles. The van der Waals surface area contributed by atoms with Gasteiger partial charge in [-0.25, -0.2) is 0 Å². The molecule has 1 unspecified atom stereocenters. The number of ether oxygens (including phenoxy) is 1. The van der Waals surface area contributed by atoms with Crippen LogP contribution in [0.25, 0.3) is 0 Å². The third-order valence-corrected chi connectivity index (χ3v) is 1.75. The van der Waals surface area contributed by atoms with Crippen LogP contribution >= 0.6 is 0 Å². The van der Waals surface area contributed by atoms with E-state index in [1.54, 1.807) is 0 Å². The fourth-order valence-electron chi connectivity index (χ4n) is 1.18. The molecule has 1 atom stereocenters. The van der Waals surface area contributed by atoms with Gasteiger partial charge < -0.3 is 4.74 Å². The highest BCUT2D eigenvalue weighted by Crippen LogP contribution is 2.04. The lowest BCUT2D eigenvalue weighted by Gasteiger charge is -2.09. The zero-order valence-corrected chi connectivity index (χ0v) is 7.97. The predicted molar refractivity (Wildman–Crippen MR) is 51.8 cm³/mol. The molecule has 14 heavy (non-hydrogen) atoms. The van der Waals surface area contributed by atoms with Crippen LogP contribution in [-0.2, 0) is 20.7 Å². The Morgan fingerprint density at radius 1 is 1.43 bits per heavy atom. The topological polar surface area (TPSA) is 43.4 Å². The Hall–Kier alpha value is -1.64. The number of hydrogen-bond donors (Lipinski definition) is 0. The summed E-state index contributed by atoms with van der Waals surface area (Å²) in [5, 5.41) is 0. The lowest BCUT2D eigenvalue weighted by atomic mass is 10.1. The molecule has 0 saturated carbocycles. The first-order chi connectivity index (χ1) is 6.72. The van der Waals surface area contributed by atoms with Gasteiger partial charge >= 0.3 is 5.97 Å². The highest BCUT2D eigenvalue weighted by molar-refractivity contribution is 5.70. The van der Waals surface area contributed by atoms with Crippen molar-refractivity contribution in [3.05, 3.63) is 35.9 Å². The fourth-order valence-corrected chi connectivity index (χ4v) is 1.18. The predicted octanol–water partition coefficient (Wildman–Crippen LogP) is 1.36. The average molecular weight is 192 g/mol. The van der Waals surface area contributed by atoms with Gasteiger partial charge in [-0.15, -0.1) is 0 Å². The highest BCUT2D eigenvalue weighted by atomic mass is 16.5. The number of hydrogen-bond acceptors (Lipinski definition) is 3. The van der Waals surface area contributed by atoms with E-state index in [0.29, 0.717) is 12.7 Å². The van der Waals surface area contributed by atoms with Crippen LogP contribution in [0.3, 0.4) is 0 Å². The van der Waals surface area contributed by atoms with Gasteiger partial charge in [-0.05, 0) is 5.56 Å². The Labute approximate surface area is 82.7 Å². The van der Waals surface area contributed by atoms with E-state index in [9.17, 15) is 9.59 Å². The van der Waals surface area contributed by atoms with E-state index in [4.69, 9.17) is 4.74 Å². The summed E-state index contributed by atoms with van der Waals surface area (Å²) in [6.45, 7) is 1.29. The van der Waals surface area contributed by atoms with Crippen LogP contribution in [0.1, 0.15) is 12.5 Å². The molecule has 0 saturated heterocycles. The summed E-state index contributed by atoms with van der Waals surface area (Å²) in [5.74, 6) is -0.432. The van der Waals surface area contributed by atoms with Gasteiger partial charge in [0.05, 0.1) is 0 Å². The van der Waals surface area contributed by atoms with Crippen molar-refractivity contribution in [2.45, 2.75) is 19.4 Å². The molecule has 0 aliphatic rings. The van der Waals surface area contributed by atoms with Gasteiger partial charge in [-0.3, -0.25) is 9.59 Å². The normalized spacial score (nSPS) is 11.8. The second-order valence-corrected chi connectivity index (χ2v) is 2.97. The van der Waals surface area contributed by atoms with Crippen molar-refractivity contribution >= 4 is 12.3 Å². The molecular weight excluding hydrogens is 180 g/mol. The van der Waals surface area contributed by atoms with Gasteiger partial charge in [0, 0.05) is 13.3 Å². The molecule has 0 amide bonds. The summed E-state index contributed by atoms with van der Waals surface area (Å²) in [6, 6.07) is 9.43. The van der Waals surface area contributed by atoms with Crippen molar-refractivity contribution in [2.24, 2.45) is 0 Å². The molecular formula is C11H12O3. The van der Waals surface area contributed by atoms with Crippen LogP contribution in [0.4, 0.5) is 0 Å². The maximum absolute atomic E-state index is 10.6. The summed E-state index contributed by atoms with van der Waals surface area (Å²) < 4.78 is 4.80. The molecule has 0 N–H and O–H groups in total. The van der Waals surface area contributed by atoms with Crippen LogP contribution in [-0.4, -0.2) is 18.4 Å². The summed E-state index contributed by atoms with van der Waals surface area (Å²) in [6.07, 6.45) is 0.410. The van der Waals surface area contributed by atoms with Crippen LogP contribution in [0.15, 0.2) is 30.3 Å². The molecule has 0 heterocycles. The van der Waals surface area contributed by atoms with Gasteiger partial charge in [0.25, 0.3) is 0 Å². The van der Waals surface area contributed by atoms with E-state index in [1.807, 2.05) is 30.3 Å². The van der Waals surface area contributed by atoms with Crippen molar-refractivity contribution in [1.29, 1.82) is 0 Å². The van der Waals surface area contributed by atoms with E-state index in [1.165, 1.54) is 6.92 Å². The smallest absolute Gasteiger partial charge is 0.303 e. The standard InChI is InChI=1S/C11H12O3/c1-9(13)14-11(8-12)7-10-5-3-2-4-6-10/h2-6,8,11H,7H2,1H3. The Balaban J connectivity index is 2.57. The van der Waals surface area contributed by atoms with Crippen LogP contribution < -0.4 is 0 Å². The van der Waals surface area contributed by atoms with E-state index in [2.05, 4.69) is 0 Å². The molecule has 0 spiro atoms. The highest BCUT2D eigenvalue weighted by Gasteiger charge is 2.10. The second kappa shape index (κ2) is 5.17. The molecule has 3 nitrogen and oxygen atoms in total. The van der Waals surface area contributed by atoms with Gasteiger partial charge in [0.15, 0.2) is 12.4 Å². The van der Waals surface area contributed by atoms with Crippen LogP contribution in [0.5, 0.6) is 0 Å². The zero-order valence-electron chi connectivity index (χ0n) is 7.97. The van der Waals surface area contributed by atoms with Crippen LogP contribution in [0, 0.1) is 0 Å². The zero-order chi connectivity index (χ0) is 10.4. The molecule has 74 valence electrons. The van der Waals surface area contributed by atoms with Crippen molar-refractivity contribution in [1.82, 2.24) is 0 Å². The minimum absolute atomic E-state index is 0.432. The van der Waals surface area contributed by atoms with Crippen molar-refractivity contribution in [3.8, 4) is 0 Å². The Morgan fingerprint density at radius 2 is 2.07 bits per heavy atom. The largest absolute Gasteiger partial charge is 0.455 e. The quantitative estimate of drug-likeness (QED) is 0.534. The molecule has 1 rings (SSSR count). The number of aldehydes is 1. The van der Waals surface area contributed by atoms with Gasteiger partial charge in [0.1, 0.15) is 0 Å². The first-order valence-electron chi connectivity index (χ1n) is 4.39. The Bertz CT molecular complexity index is 306. The first kappa shape index (κ1) is 10.4. The molecule has 3 heteroatoms. The molecule has 0 aliphatic carbocycles. The Kier molecular flexibility index (Phi) is 3.85. The lowest BCUT2D eigenvalue weighted by Crippen LogP contribution is -2.20. The molecule has 0 radical (unpaired) electrons. The minimum atomic E-state index is -0.671. The van der Waals surface area contributed by atoms with E-state index >= 15 is 0 Å². The SMILES string of the molecule is CC(=O)OC(C=O)Cc1ccccc1. The lowest BCUT2D eigenvalue weighted by molar-refractivity contribution is -0.149. The molecule has 0 fully saturated rings. The number of benzene rings is 1. The third-order valence-electron chi connectivity index (χ3n) is 1.75.